The lowest BCUT2D eigenvalue weighted by Crippen LogP contribution is -2.52. The number of hydrogen-bond donors (Lipinski definition) is 1. The Bertz CT molecular complexity index is 364. The molecule has 1 unspecified atom stereocenters. The number of aromatic nitrogens is 2. The number of ketones is 1. The first-order valence-corrected chi connectivity index (χ1v) is 5.40. The molecule has 0 radical (unpaired) electrons. The normalized spacial score (nSPS) is 26.5. The highest BCUT2D eigenvalue weighted by Crippen LogP contribution is 2.22. The van der Waals surface area contributed by atoms with E-state index in [4.69, 9.17) is 0 Å². The Hall–Kier alpha value is -1.16. The van der Waals surface area contributed by atoms with Crippen LogP contribution in [0.4, 0.5) is 0 Å². The molecule has 2 rings (SSSR count). The summed E-state index contributed by atoms with van der Waals surface area (Å²) in [5.41, 5.74) is 0.316. The van der Waals surface area contributed by atoms with Crippen molar-refractivity contribution < 1.29 is 4.79 Å². The Balaban J connectivity index is 2.19. The molecule has 1 atom stereocenters. The van der Waals surface area contributed by atoms with Crippen molar-refractivity contribution in [1.82, 2.24) is 15.1 Å². The van der Waals surface area contributed by atoms with E-state index in [1.165, 1.54) is 0 Å². The van der Waals surface area contributed by atoms with E-state index in [1.807, 2.05) is 14.0 Å². The van der Waals surface area contributed by atoms with Crippen molar-refractivity contribution in [1.29, 1.82) is 0 Å². The van der Waals surface area contributed by atoms with Crippen LogP contribution >= 0.6 is 0 Å². The van der Waals surface area contributed by atoms with Gasteiger partial charge in [0.2, 0.25) is 0 Å². The third kappa shape index (κ3) is 1.95. The molecule has 1 aliphatic rings. The van der Waals surface area contributed by atoms with Crippen molar-refractivity contribution in [3.8, 4) is 0 Å². The predicted molar refractivity (Wildman–Crippen MR) is 57.8 cm³/mol. The largest absolute Gasteiger partial charge is 0.305 e. The van der Waals surface area contributed by atoms with Gasteiger partial charge in [0.1, 0.15) is 0 Å². The SMILES string of the molecule is Cn1cc(C(=O)C2(C)CCCCN2)cn1. The Morgan fingerprint density at radius 2 is 2.40 bits per heavy atom. The van der Waals surface area contributed by atoms with Crippen molar-refractivity contribution >= 4 is 5.78 Å². The maximum absolute atomic E-state index is 12.2. The summed E-state index contributed by atoms with van der Waals surface area (Å²) in [7, 11) is 1.83. The van der Waals surface area contributed by atoms with Crippen LogP contribution in [0.3, 0.4) is 0 Å². The van der Waals surface area contributed by atoms with Crippen LogP contribution in [-0.4, -0.2) is 27.6 Å². The number of nitrogens with one attached hydrogen (secondary N) is 1. The summed E-state index contributed by atoms with van der Waals surface area (Å²) in [6, 6.07) is 0. The number of carbonyl (C=O) groups is 1. The van der Waals surface area contributed by atoms with Crippen LogP contribution in [0, 0.1) is 0 Å². The molecule has 4 nitrogen and oxygen atoms in total. The highest BCUT2D eigenvalue weighted by atomic mass is 16.1. The fourth-order valence-electron chi connectivity index (χ4n) is 2.11. The van der Waals surface area contributed by atoms with Crippen LogP contribution in [0.15, 0.2) is 12.4 Å². The van der Waals surface area contributed by atoms with E-state index >= 15 is 0 Å². The van der Waals surface area contributed by atoms with E-state index in [2.05, 4.69) is 10.4 Å². The maximum atomic E-state index is 12.2. The Kier molecular flexibility index (Phi) is 2.61. The number of piperidine rings is 1. The van der Waals surface area contributed by atoms with Crippen molar-refractivity contribution in [3.63, 3.8) is 0 Å². The molecule has 82 valence electrons. The fourth-order valence-corrected chi connectivity index (χ4v) is 2.11. The molecule has 0 aliphatic carbocycles. The smallest absolute Gasteiger partial charge is 0.185 e. The molecular formula is C11H17N3O. The highest BCUT2D eigenvalue weighted by Gasteiger charge is 2.35. The molecule has 0 saturated carbocycles. The van der Waals surface area contributed by atoms with E-state index in [9.17, 15) is 4.79 Å². The van der Waals surface area contributed by atoms with Crippen molar-refractivity contribution in [3.05, 3.63) is 18.0 Å². The van der Waals surface area contributed by atoms with E-state index in [1.54, 1.807) is 17.1 Å². The number of hydrogen-bond acceptors (Lipinski definition) is 3. The average Bonchev–Trinajstić information content (AvgIpc) is 2.65. The second-order valence-corrected chi connectivity index (χ2v) is 4.45. The second kappa shape index (κ2) is 3.77. The summed E-state index contributed by atoms with van der Waals surface area (Å²) in [4.78, 5) is 12.2. The first kappa shape index (κ1) is 10.4. The van der Waals surface area contributed by atoms with E-state index in [0.717, 1.165) is 25.8 Å². The molecule has 2 heterocycles. The number of nitrogens with zero attached hydrogens (tertiary/aromatic N) is 2. The lowest BCUT2D eigenvalue weighted by atomic mass is 9.85. The van der Waals surface area contributed by atoms with Gasteiger partial charge in [0, 0.05) is 13.2 Å². The summed E-state index contributed by atoms with van der Waals surface area (Å²) in [6.45, 7) is 2.92. The summed E-state index contributed by atoms with van der Waals surface area (Å²) >= 11 is 0. The molecule has 1 aromatic heterocycles. The van der Waals surface area contributed by atoms with E-state index < -0.39 is 0 Å². The second-order valence-electron chi connectivity index (χ2n) is 4.45. The van der Waals surface area contributed by atoms with Gasteiger partial charge in [-0.05, 0) is 32.7 Å². The van der Waals surface area contributed by atoms with Crippen LogP contribution in [0.25, 0.3) is 0 Å². The molecule has 0 aromatic carbocycles. The van der Waals surface area contributed by atoms with Crippen molar-refractivity contribution in [2.45, 2.75) is 31.7 Å². The maximum Gasteiger partial charge on any atom is 0.185 e. The lowest BCUT2D eigenvalue weighted by Gasteiger charge is -2.33. The summed E-state index contributed by atoms with van der Waals surface area (Å²) in [5.74, 6) is 0.162. The molecule has 1 fully saturated rings. The van der Waals surface area contributed by atoms with Gasteiger partial charge < -0.3 is 5.32 Å². The summed E-state index contributed by atoms with van der Waals surface area (Å²) in [5, 5.41) is 7.35. The Morgan fingerprint density at radius 1 is 1.60 bits per heavy atom. The van der Waals surface area contributed by atoms with Gasteiger partial charge in [-0.3, -0.25) is 9.48 Å². The Labute approximate surface area is 89.7 Å². The van der Waals surface area contributed by atoms with Crippen LogP contribution in [0.1, 0.15) is 36.5 Å². The predicted octanol–water partition coefficient (Wildman–Crippen LogP) is 1.14. The van der Waals surface area contributed by atoms with Gasteiger partial charge >= 0.3 is 0 Å². The number of aryl methyl sites for hydroxylation is 1. The first-order chi connectivity index (χ1) is 7.12. The Morgan fingerprint density at radius 3 is 2.93 bits per heavy atom. The minimum absolute atomic E-state index is 0.162. The van der Waals surface area contributed by atoms with Crippen LogP contribution in [0.2, 0.25) is 0 Å². The molecule has 0 bridgehead atoms. The summed E-state index contributed by atoms with van der Waals surface area (Å²) < 4.78 is 1.67. The lowest BCUT2D eigenvalue weighted by molar-refractivity contribution is 0.0834. The van der Waals surface area contributed by atoms with Gasteiger partial charge in [0.15, 0.2) is 5.78 Å². The van der Waals surface area contributed by atoms with Crippen molar-refractivity contribution in [2.24, 2.45) is 7.05 Å². The molecule has 1 saturated heterocycles. The van der Waals surface area contributed by atoms with Crippen LogP contribution < -0.4 is 5.32 Å². The molecule has 0 spiro atoms. The minimum Gasteiger partial charge on any atom is -0.305 e. The molecular weight excluding hydrogens is 190 g/mol. The molecule has 0 amide bonds. The fraction of sp³-hybridized carbons (Fsp3) is 0.636. The zero-order chi connectivity index (χ0) is 10.9. The van der Waals surface area contributed by atoms with Gasteiger partial charge in [0.25, 0.3) is 0 Å². The number of Topliss-reactive ketones (excluding diaryl/α,β-unsaturated/α-hetero) is 1. The topological polar surface area (TPSA) is 46.9 Å². The third-order valence-corrected chi connectivity index (χ3v) is 3.09. The van der Waals surface area contributed by atoms with Crippen LogP contribution in [-0.2, 0) is 7.05 Å². The molecule has 1 N–H and O–H groups in total. The zero-order valence-corrected chi connectivity index (χ0v) is 9.29. The van der Waals surface area contributed by atoms with E-state index in [-0.39, 0.29) is 11.3 Å². The van der Waals surface area contributed by atoms with Gasteiger partial charge in [-0.15, -0.1) is 0 Å². The number of rotatable bonds is 2. The van der Waals surface area contributed by atoms with Gasteiger partial charge in [-0.2, -0.15) is 5.10 Å². The van der Waals surface area contributed by atoms with Gasteiger partial charge in [-0.25, -0.2) is 0 Å². The minimum atomic E-state index is -0.388. The quantitative estimate of drug-likeness (QED) is 0.740. The average molecular weight is 207 g/mol. The van der Waals surface area contributed by atoms with Gasteiger partial charge in [-0.1, -0.05) is 0 Å². The third-order valence-electron chi connectivity index (χ3n) is 3.09. The molecule has 4 heteroatoms. The molecule has 15 heavy (non-hydrogen) atoms. The molecule has 1 aromatic rings. The zero-order valence-electron chi connectivity index (χ0n) is 9.29. The first-order valence-electron chi connectivity index (χ1n) is 5.40. The van der Waals surface area contributed by atoms with Gasteiger partial charge in [0.05, 0.1) is 17.3 Å². The summed E-state index contributed by atoms with van der Waals surface area (Å²) in [6.07, 6.45) is 6.62. The molecule has 1 aliphatic heterocycles. The van der Waals surface area contributed by atoms with Crippen LogP contribution in [0.5, 0.6) is 0 Å². The van der Waals surface area contributed by atoms with E-state index in [0.29, 0.717) is 5.56 Å². The standard InChI is InChI=1S/C11H17N3O/c1-11(5-3-4-6-12-11)10(15)9-7-13-14(2)8-9/h7-8,12H,3-6H2,1-2H3. The highest BCUT2D eigenvalue weighted by molar-refractivity contribution is 6.02. The van der Waals surface area contributed by atoms with Crippen molar-refractivity contribution in [2.75, 3.05) is 6.54 Å². The monoisotopic (exact) mass is 207 g/mol. The number of carbonyl (C=O) groups excluding carboxylic acids is 1.